The Balaban J connectivity index is 3.63. The van der Waals surface area contributed by atoms with Crippen molar-refractivity contribution in [2.24, 2.45) is 22.2 Å². The Morgan fingerprint density at radius 1 is 1.28 bits per heavy atom. The fourth-order valence-corrected chi connectivity index (χ4v) is 1.23. The second-order valence-electron chi connectivity index (χ2n) is 3.84. The summed E-state index contributed by atoms with van der Waals surface area (Å²) < 4.78 is 0. The standard InChI is InChI=1S/C10H21N5O3/c11-7(3-1-6-15-10(12)13)9(18)14-5-2-4-8(16)17/h7H,1-6,11H2,(H,14,18)(H,16,17)(H4,12,13,15)/t7-/m0/s1. The number of carboxylic acid groups (broad SMARTS) is 1. The quantitative estimate of drug-likeness (QED) is 0.189. The van der Waals surface area contributed by atoms with Crippen LogP contribution in [-0.4, -0.2) is 42.1 Å². The summed E-state index contributed by atoms with van der Waals surface area (Å²) in [5.41, 5.74) is 15.9. The lowest BCUT2D eigenvalue weighted by Crippen LogP contribution is -2.41. The SMILES string of the molecule is NC(N)=NCCC[C@H](N)C(=O)NCCCC(=O)O. The van der Waals surface area contributed by atoms with Crippen LogP contribution in [0.5, 0.6) is 0 Å². The Labute approximate surface area is 106 Å². The molecule has 0 bridgehead atoms. The van der Waals surface area contributed by atoms with Crippen LogP contribution >= 0.6 is 0 Å². The smallest absolute Gasteiger partial charge is 0.303 e. The maximum atomic E-state index is 11.4. The second kappa shape index (κ2) is 9.23. The Hall–Kier alpha value is -1.83. The summed E-state index contributed by atoms with van der Waals surface area (Å²) in [6.45, 7) is 0.745. The van der Waals surface area contributed by atoms with E-state index in [1.807, 2.05) is 0 Å². The highest BCUT2D eigenvalue weighted by atomic mass is 16.4. The van der Waals surface area contributed by atoms with Crippen molar-refractivity contribution < 1.29 is 14.7 Å². The minimum absolute atomic E-state index is 0.0155. The number of carbonyl (C=O) groups excluding carboxylic acids is 1. The fraction of sp³-hybridized carbons (Fsp3) is 0.700. The van der Waals surface area contributed by atoms with Crippen LogP contribution in [0.25, 0.3) is 0 Å². The van der Waals surface area contributed by atoms with Crippen LogP contribution in [0, 0.1) is 0 Å². The van der Waals surface area contributed by atoms with Crippen LogP contribution in [0.4, 0.5) is 0 Å². The van der Waals surface area contributed by atoms with Gasteiger partial charge in [0.15, 0.2) is 5.96 Å². The van der Waals surface area contributed by atoms with E-state index in [4.69, 9.17) is 22.3 Å². The highest BCUT2D eigenvalue weighted by Gasteiger charge is 2.12. The Morgan fingerprint density at radius 3 is 2.50 bits per heavy atom. The van der Waals surface area contributed by atoms with Crippen molar-refractivity contribution in [3.05, 3.63) is 0 Å². The molecule has 0 aliphatic rings. The van der Waals surface area contributed by atoms with Crippen molar-refractivity contribution in [2.45, 2.75) is 31.7 Å². The van der Waals surface area contributed by atoms with Crippen molar-refractivity contribution >= 4 is 17.8 Å². The van der Waals surface area contributed by atoms with Crippen LogP contribution in [0.3, 0.4) is 0 Å². The van der Waals surface area contributed by atoms with E-state index in [0.29, 0.717) is 32.4 Å². The molecule has 0 unspecified atom stereocenters. The van der Waals surface area contributed by atoms with E-state index >= 15 is 0 Å². The first-order valence-electron chi connectivity index (χ1n) is 5.74. The number of nitrogens with two attached hydrogens (primary N) is 3. The first kappa shape index (κ1) is 16.2. The zero-order valence-corrected chi connectivity index (χ0v) is 10.3. The third-order valence-electron chi connectivity index (χ3n) is 2.17. The zero-order chi connectivity index (χ0) is 14.0. The third kappa shape index (κ3) is 9.40. The molecule has 0 heterocycles. The predicted octanol–water partition coefficient (Wildman–Crippen LogP) is -1.65. The topological polar surface area (TPSA) is 157 Å². The van der Waals surface area contributed by atoms with Gasteiger partial charge in [-0.25, -0.2) is 0 Å². The lowest BCUT2D eigenvalue weighted by Gasteiger charge is -2.11. The van der Waals surface area contributed by atoms with Crippen LogP contribution in [-0.2, 0) is 9.59 Å². The van der Waals surface area contributed by atoms with Gasteiger partial charge in [-0.3, -0.25) is 14.6 Å². The maximum absolute atomic E-state index is 11.4. The summed E-state index contributed by atoms with van der Waals surface area (Å²) in [6.07, 6.45) is 1.50. The molecule has 0 saturated heterocycles. The largest absolute Gasteiger partial charge is 0.481 e. The molecule has 0 radical (unpaired) electrons. The number of amides is 1. The van der Waals surface area contributed by atoms with E-state index in [-0.39, 0.29) is 18.3 Å². The van der Waals surface area contributed by atoms with Crippen LogP contribution in [0.15, 0.2) is 4.99 Å². The van der Waals surface area contributed by atoms with E-state index in [1.165, 1.54) is 0 Å². The van der Waals surface area contributed by atoms with Gasteiger partial charge in [-0.2, -0.15) is 0 Å². The van der Waals surface area contributed by atoms with E-state index < -0.39 is 12.0 Å². The molecule has 0 rings (SSSR count). The molecule has 1 amide bonds. The molecule has 0 aliphatic carbocycles. The monoisotopic (exact) mass is 259 g/mol. The number of hydrogen-bond donors (Lipinski definition) is 5. The predicted molar refractivity (Wildman–Crippen MR) is 67.8 cm³/mol. The minimum atomic E-state index is -0.884. The number of guanidine groups is 1. The molecule has 0 aliphatic heterocycles. The lowest BCUT2D eigenvalue weighted by atomic mass is 10.1. The van der Waals surface area contributed by atoms with Gasteiger partial charge in [0.1, 0.15) is 0 Å². The van der Waals surface area contributed by atoms with Crippen molar-refractivity contribution in [3.63, 3.8) is 0 Å². The number of carboxylic acids is 1. The number of carbonyl (C=O) groups is 2. The molecule has 8 heteroatoms. The van der Waals surface area contributed by atoms with E-state index in [9.17, 15) is 9.59 Å². The average Bonchev–Trinajstić information content (AvgIpc) is 2.29. The maximum Gasteiger partial charge on any atom is 0.303 e. The van der Waals surface area contributed by atoms with Gasteiger partial charge >= 0.3 is 5.97 Å². The van der Waals surface area contributed by atoms with Crippen molar-refractivity contribution in [2.75, 3.05) is 13.1 Å². The first-order valence-corrected chi connectivity index (χ1v) is 5.74. The van der Waals surface area contributed by atoms with Crippen LogP contribution < -0.4 is 22.5 Å². The number of aliphatic imine (C=N–C) groups is 1. The van der Waals surface area contributed by atoms with Gasteiger partial charge in [0.05, 0.1) is 6.04 Å². The van der Waals surface area contributed by atoms with Gasteiger partial charge in [0.2, 0.25) is 5.91 Å². The average molecular weight is 259 g/mol. The van der Waals surface area contributed by atoms with Crippen molar-refractivity contribution in [1.82, 2.24) is 5.32 Å². The molecule has 0 aromatic heterocycles. The molecule has 0 saturated carbocycles. The molecule has 0 aromatic carbocycles. The number of hydrogen-bond acceptors (Lipinski definition) is 4. The molecular formula is C10H21N5O3. The molecule has 8 N–H and O–H groups in total. The second-order valence-corrected chi connectivity index (χ2v) is 3.84. The van der Waals surface area contributed by atoms with Gasteiger partial charge < -0.3 is 27.6 Å². The molecule has 0 spiro atoms. The van der Waals surface area contributed by atoms with Gasteiger partial charge in [-0.05, 0) is 19.3 Å². The zero-order valence-electron chi connectivity index (χ0n) is 10.3. The van der Waals surface area contributed by atoms with Crippen LogP contribution in [0.2, 0.25) is 0 Å². The highest BCUT2D eigenvalue weighted by molar-refractivity contribution is 5.81. The van der Waals surface area contributed by atoms with E-state index in [2.05, 4.69) is 10.3 Å². The molecule has 104 valence electrons. The van der Waals surface area contributed by atoms with Gasteiger partial charge in [-0.1, -0.05) is 0 Å². The molecule has 8 nitrogen and oxygen atoms in total. The van der Waals surface area contributed by atoms with Gasteiger partial charge in [-0.15, -0.1) is 0 Å². The summed E-state index contributed by atoms with van der Waals surface area (Å²) in [5, 5.41) is 11.0. The molecular weight excluding hydrogens is 238 g/mol. The van der Waals surface area contributed by atoms with Crippen LogP contribution in [0.1, 0.15) is 25.7 Å². The summed E-state index contributed by atoms with van der Waals surface area (Å²) in [5.74, 6) is -1.16. The van der Waals surface area contributed by atoms with E-state index in [0.717, 1.165) is 0 Å². The summed E-state index contributed by atoms with van der Waals surface area (Å²) in [4.78, 5) is 25.5. The Bertz CT molecular complexity index is 302. The lowest BCUT2D eigenvalue weighted by molar-refractivity contribution is -0.137. The molecule has 18 heavy (non-hydrogen) atoms. The van der Waals surface area contributed by atoms with E-state index in [1.54, 1.807) is 0 Å². The van der Waals surface area contributed by atoms with Gasteiger partial charge in [0.25, 0.3) is 0 Å². The Morgan fingerprint density at radius 2 is 1.94 bits per heavy atom. The van der Waals surface area contributed by atoms with Crippen molar-refractivity contribution in [3.8, 4) is 0 Å². The Kier molecular flexibility index (Phi) is 8.29. The summed E-state index contributed by atoms with van der Waals surface area (Å²) in [7, 11) is 0. The molecule has 0 aromatic rings. The highest BCUT2D eigenvalue weighted by Crippen LogP contribution is 1.96. The minimum Gasteiger partial charge on any atom is -0.481 e. The summed E-state index contributed by atoms with van der Waals surface area (Å²) >= 11 is 0. The first-order chi connectivity index (χ1) is 8.43. The molecule has 0 fully saturated rings. The number of aliphatic carboxylic acids is 1. The van der Waals surface area contributed by atoms with Crippen molar-refractivity contribution in [1.29, 1.82) is 0 Å². The number of nitrogens with zero attached hydrogens (tertiary/aromatic N) is 1. The molecule has 1 atom stereocenters. The fourth-order valence-electron chi connectivity index (χ4n) is 1.23. The van der Waals surface area contributed by atoms with Gasteiger partial charge in [0, 0.05) is 19.5 Å². The summed E-state index contributed by atoms with van der Waals surface area (Å²) in [6, 6.07) is -0.621. The number of rotatable bonds is 9. The normalized spacial score (nSPS) is 11.6. The third-order valence-corrected chi connectivity index (χ3v) is 2.17. The number of nitrogens with one attached hydrogen (secondary N) is 1.